The lowest BCUT2D eigenvalue weighted by Gasteiger charge is -2.13. The third-order valence-corrected chi connectivity index (χ3v) is 3.88. The van der Waals surface area contributed by atoms with Crippen molar-refractivity contribution in [2.75, 3.05) is 5.73 Å². The van der Waals surface area contributed by atoms with Gasteiger partial charge in [0.15, 0.2) is 0 Å². The first kappa shape index (κ1) is 14.7. The normalized spacial score (nSPS) is 11.0. The number of benzene rings is 1. The van der Waals surface area contributed by atoms with Crippen LogP contribution in [0.5, 0.6) is 0 Å². The lowest BCUT2D eigenvalue weighted by Crippen LogP contribution is -2.22. The first-order valence-corrected chi connectivity index (χ1v) is 7.25. The molecule has 0 fully saturated rings. The molecule has 0 spiro atoms. The summed E-state index contributed by atoms with van der Waals surface area (Å²) < 4.78 is 3.55. The molecule has 1 heterocycles. The highest BCUT2D eigenvalue weighted by Gasteiger charge is 2.17. The summed E-state index contributed by atoms with van der Waals surface area (Å²) in [6, 6.07) is 5.61. The molecule has 1 aromatic carbocycles. The van der Waals surface area contributed by atoms with Crippen molar-refractivity contribution < 1.29 is 0 Å². The minimum Gasteiger partial charge on any atom is -0.393 e. The molecule has 2 rings (SSSR count). The predicted octanol–water partition coefficient (Wildman–Crippen LogP) is 3.16. The Morgan fingerprint density at radius 1 is 1.30 bits per heavy atom. The molecule has 0 saturated carbocycles. The van der Waals surface area contributed by atoms with Crippen LogP contribution in [-0.4, -0.2) is 9.36 Å². The Morgan fingerprint density at radius 2 is 2.00 bits per heavy atom. The van der Waals surface area contributed by atoms with Crippen molar-refractivity contribution in [3.05, 3.63) is 44.8 Å². The second-order valence-corrected chi connectivity index (χ2v) is 5.28. The molecule has 0 saturated heterocycles. The van der Waals surface area contributed by atoms with E-state index in [2.05, 4.69) is 6.92 Å². The SMILES string of the molecule is CCCc1c(N)c(=O)n(-c2ccc(C)c(Cl)c2)n1CC. The number of anilines is 1. The molecule has 2 N–H and O–H groups in total. The molecule has 0 unspecified atom stereocenters. The lowest BCUT2D eigenvalue weighted by atomic mass is 10.2. The van der Waals surface area contributed by atoms with Gasteiger partial charge < -0.3 is 5.73 Å². The number of nitrogens with two attached hydrogens (primary N) is 1. The summed E-state index contributed by atoms with van der Waals surface area (Å²) in [5, 5.41) is 0.647. The average Bonchev–Trinajstić information content (AvgIpc) is 2.67. The van der Waals surface area contributed by atoms with Crippen LogP contribution in [0.3, 0.4) is 0 Å². The second-order valence-electron chi connectivity index (χ2n) is 4.88. The van der Waals surface area contributed by atoms with Crippen LogP contribution in [0.1, 0.15) is 31.5 Å². The number of hydrogen-bond acceptors (Lipinski definition) is 2. The summed E-state index contributed by atoms with van der Waals surface area (Å²) in [6.45, 7) is 6.70. The Bertz CT molecular complexity index is 685. The summed E-state index contributed by atoms with van der Waals surface area (Å²) in [7, 11) is 0. The van der Waals surface area contributed by atoms with Gasteiger partial charge >= 0.3 is 0 Å². The third-order valence-electron chi connectivity index (χ3n) is 3.47. The van der Waals surface area contributed by atoms with E-state index in [0.717, 1.165) is 29.8 Å². The van der Waals surface area contributed by atoms with Gasteiger partial charge in [0, 0.05) is 11.6 Å². The van der Waals surface area contributed by atoms with Gasteiger partial charge in [-0.2, -0.15) is 0 Å². The molecule has 0 bridgehead atoms. The number of aryl methyl sites for hydroxylation is 1. The van der Waals surface area contributed by atoms with Gasteiger partial charge in [-0.1, -0.05) is 31.0 Å². The maximum Gasteiger partial charge on any atom is 0.294 e. The fourth-order valence-electron chi connectivity index (χ4n) is 2.41. The van der Waals surface area contributed by atoms with E-state index >= 15 is 0 Å². The van der Waals surface area contributed by atoms with Gasteiger partial charge in [-0.3, -0.25) is 9.48 Å². The minimum atomic E-state index is -0.171. The average molecular weight is 294 g/mol. The molecule has 5 heteroatoms. The molecular weight excluding hydrogens is 274 g/mol. The molecule has 0 radical (unpaired) electrons. The zero-order valence-corrected chi connectivity index (χ0v) is 12.9. The molecule has 20 heavy (non-hydrogen) atoms. The van der Waals surface area contributed by atoms with Gasteiger partial charge in [-0.15, -0.1) is 0 Å². The smallest absolute Gasteiger partial charge is 0.294 e. The van der Waals surface area contributed by atoms with Crippen molar-refractivity contribution in [2.24, 2.45) is 0 Å². The fraction of sp³-hybridized carbons (Fsp3) is 0.400. The second kappa shape index (κ2) is 5.75. The maximum absolute atomic E-state index is 12.4. The van der Waals surface area contributed by atoms with Gasteiger partial charge in [-0.25, -0.2) is 4.68 Å². The summed E-state index contributed by atoms with van der Waals surface area (Å²) >= 11 is 6.16. The third kappa shape index (κ3) is 2.36. The molecule has 108 valence electrons. The van der Waals surface area contributed by atoms with E-state index in [-0.39, 0.29) is 5.56 Å². The standard InChI is InChI=1S/C15H20ClN3O/c1-4-6-13-14(17)15(20)19(18(13)5-2)11-8-7-10(3)12(16)9-11/h7-9H,4-6,17H2,1-3H3. The summed E-state index contributed by atoms with van der Waals surface area (Å²) in [6.07, 6.45) is 1.74. The van der Waals surface area contributed by atoms with Crippen LogP contribution in [0.25, 0.3) is 5.69 Å². The van der Waals surface area contributed by atoms with Gasteiger partial charge in [-0.05, 0) is 38.0 Å². The molecule has 0 aliphatic rings. The van der Waals surface area contributed by atoms with Crippen molar-refractivity contribution in [2.45, 2.75) is 40.2 Å². The van der Waals surface area contributed by atoms with Crippen molar-refractivity contribution in [3.8, 4) is 5.69 Å². The Balaban J connectivity index is 2.70. The van der Waals surface area contributed by atoms with E-state index < -0.39 is 0 Å². The van der Waals surface area contributed by atoms with Gasteiger partial charge in [0.2, 0.25) is 0 Å². The lowest BCUT2D eigenvalue weighted by molar-refractivity contribution is 0.545. The zero-order valence-electron chi connectivity index (χ0n) is 12.1. The Kier molecular flexibility index (Phi) is 4.23. The monoisotopic (exact) mass is 293 g/mol. The van der Waals surface area contributed by atoms with E-state index in [1.54, 1.807) is 10.7 Å². The Labute approximate surface area is 123 Å². The highest BCUT2D eigenvalue weighted by molar-refractivity contribution is 6.31. The first-order chi connectivity index (χ1) is 9.51. The molecule has 2 aromatic rings. The van der Waals surface area contributed by atoms with E-state index in [9.17, 15) is 4.79 Å². The Morgan fingerprint density at radius 3 is 2.55 bits per heavy atom. The maximum atomic E-state index is 12.4. The largest absolute Gasteiger partial charge is 0.393 e. The van der Waals surface area contributed by atoms with Crippen LogP contribution in [0.2, 0.25) is 5.02 Å². The topological polar surface area (TPSA) is 53.0 Å². The minimum absolute atomic E-state index is 0.171. The van der Waals surface area contributed by atoms with E-state index in [0.29, 0.717) is 17.3 Å². The van der Waals surface area contributed by atoms with E-state index in [4.69, 9.17) is 17.3 Å². The molecule has 1 aromatic heterocycles. The number of nitrogen functional groups attached to an aromatic ring is 1. The molecule has 4 nitrogen and oxygen atoms in total. The highest BCUT2D eigenvalue weighted by atomic mass is 35.5. The summed E-state index contributed by atoms with van der Waals surface area (Å²) in [5.74, 6) is 0. The van der Waals surface area contributed by atoms with Crippen molar-refractivity contribution in [1.82, 2.24) is 9.36 Å². The number of hydrogen-bond donors (Lipinski definition) is 1. The zero-order chi connectivity index (χ0) is 14.9. The quantitative estimate of drug-likeness (QED) is 0.941. The van der Waals surface area contributed by atoms with E-state index in [1.165, 1.54) is 0 Å². The van der Waals surface area contributed by atoms with Crippen LogP contribution in [0.4, 0.5) is 5.69 Å². The molecule has 0 amide bonds. The van der Waals surface area contributed by atoms with Crippen molar-refractivity contribution in [3.63, 3.8) is 0 Å². The summed E-state index contributed by atoms with van der Waals surface area (Å²) in [4.78, 5) is 12.4. The number of nitrogens with zero attached hydrogens (tertiary/aromatic N) is 2. The first-order valence-electron chi connectivity index (χ1n) is 6.87. The van der Waals surface area contributed by atoms with Gasteiger partial charge in [0.25, 0.3) is 5.56 Å². The summed E-state index contributed by atoms with van der Waals surface area (Å²) in [5.41, 5.74) is 8.79. The molecule has 0 aliphatic carbocycles. The highest BCUT2D eigenvalue weighted by Crippen LogP contribution is 2.21. The van der Waals surface area contributed by atoms with Crippen molar-refractivity contribution in [1.29, 1.82) is 0 Å². The number of aromatic nitrogens is 2. The fourth-order valence-corrected chi connectivity index (χ4v) is 2.58. The Hall–Kier alpha value is -1.68. The number of rotatable bonds is 4. The van der Waals surface area contributed by atoms with Crippen LogP contribution in [0.15, 0.2) is 23.0 Å². The van der Waals surface area contributed by atoms with E-state index in [1.807, 2.05) is 30.7 Å². The number of halogens is 1. The van der Waals surface area contributed by atoms with Crippen LogP contribution >= 0.6 is 11.6 Å². The van der Waals surface area contributed by atoms with Crippen molar-refractivity contribution >= 4 is 17.3 Å². The molecule has 0 aliphatic heterocycles. The predicted molar refractivity (Wildman–Crippen MR) is 83.9 cm³/mol. The molecular formula is C15H20ClN3O. The van der Waals surface area contributed by atoms with Gasteiger partial charge in [0.1, 0.15) is 5.69 Å². The van der Waals surface area contributed by atoms with Gasteiger partial charge in [0.05, 0.1) is 11.4 Å². The van der Waals surface area contributed by atoms with Crippen LogP contribution in [-0.2, 0) is 13.0 Å². The van der Waals surface area contributed by atoms with Crippen LogP contribution < -0.4 is 11.3 Å². The molecule has 0 atom stereocenters. The van der Waals surface area contributed by atoms with Crippen LogP contribution in [0, 0.1) is 6.92 Å².